The van der Waals surface area contributed by atoms with Gasteiger partial charge in [-0.3, -0.25) is 4.98 Å². The smallest absolute Gasteiger partial charge is 0.126 e. The molecule has 2 fully saturated rings. The van der Waals surface area contributed by atoms with E-state index in [-0.39, 0.29) is 12.0 Å². The van der Waals surface area contributed by atoms with Gasteiger partial charge in [-0.1, -0.05) is 11.6 Å². The highest BCUT2D eigenvalue weighted by molar-refractivity contribution is 6.32. The fourth-order valence-electron chi connectivity index (χ4n) is 6.29. The van der Waals surface area contributed by atoms with E-state index >= 15 is 0 Å². The Balaban J connectivity index is 0.000000458. The second-order valence-corrected chi connectivity index (χ2v) is 12.5. The molecule has 0 spiro atoms. The number of methoxy groups -OCH3 is 1. The van der Waals surface area contributed by atoms with Crippen molar-refractivity contribution in [2.75, 3.05) is 53.0 Å². The van der Waals surface area contributed by atoms with E-state index in [1.165, 1.54) is 12.1 Å². The quantitative estimate of drug-likeness (QED) is 0.238. The van der Waals surface area contributed by atoms with Gasteiger partial charge >= 0.3 is 0 Å². The van der Waals surface area contributed by atoms with E-state index < -0.39 is 11.6 Å². The molecule has 2 saturated heterocycles. The Labute approximate surface area is 259 Å². The Kier molecular flexibility index (Phi) is 13.0. The first-order valence-corrected chi connectivity index (χ1v) is 15.9. The summed E-state index contributed by atoms with van der Waals surface area (Å²) in [5, 5.41) is 23.8. The third kappa shape index (κ3) is 9.82. The Hall–Kier alpha value is -2.36. The molecule has 2 aliphatic heterocycles. The van der Waals surface area contributed by atoms with E-state index in [0.29, 0.717) is 29.5 Å². The first-order valence-electron chi connectivity index (χ1n) is 15.6. The topological polar surface area (TPSA) is 77.9 Å². The summed E-state index contributed by atoms with van der Waals surface area (Å²) in [6, 6.07) is 9.56. The van der Waals surface area contributed by atoms with Crippen LogP contribution >= 0.6 is 11.6 Å². The lowest BCUT2D eigenvalue weighted by Crippen LogP contribution is -2.42. The average Bonchev–Trinajstić information content (AvgIpc) is 3.03. The molecule has 0 unspecified atom stereocenters. The molecule has 3 heterocycles. The number of aliphatic hydroxyl groups is 2. The van der Waals surface area contributed by atoms with E-state index in [0.717, 1.165) is 112 Å². The molecule has 2 aromatic carbocycles. The Bertz CT molecular complexity index is 1280. The van der Waals surface area contributed by atoms with Crippen LogP contribution in [-0.4, -0.2) is 73.1 Å². The third-order valence-electron chi connectivity index (χ3n) is 9.10. The number of aliphatic hydroxyl groups excluding tert-OH is 2. The van der Waals surface area contributed by atoms with Crippen LogP contribution in [0.4, 0.5) is 8.78 Å². The number of aromatic nitrogens is 1. The molecule has 0 aliphatic carbocycles. The minimum atomic E-state index is -0.522. The van der Waals surface area contributed by atoms with Gasteiger partial charge in [-0.25, -0.2) is 8.78 Å². The second-order valence-electron chi connectivity index (χ2n) is 12.1. The van der Waals surface area contributed by atoms with Crippen molar-refractivity contribution in [3.63, 3.8) is 0 Å². The van der Waals surface area contributed by atoms with Crippen molar-refractivity contribution < 1.29 is 23.7 Å². The van der Waals surface area contributed by atoms with Gasteiger partial charge < -0.3 is 25.2 Å². The zero-order chi connectivity index (χ0) is 30.7. The normalized spacial score (nSPS) is 17.4. The third-order valence-corrected chi connectivity index (χ3v) is 9.42. The van der Waals surface area contributed by atoms with Gasteiger partial charge in [-0.2, -0.15) is 0 Å². The van der Waals surface area contributed by atoms with Gasteiger partial charge in [0, 0.05) is 30.9 Å². The van der Waals surface area contributed by atoms with Crippen molar-refractivity contribution in [2.24, 2.45) is 11.3 Å². The van der Waals surface area contributed by atoms with Crippen LogP contribution in [0.3, 0.4) is 0 Å². The van der Waals surface area contributed by atoms with Crippen molar-refractivity contribution in [1.29, 1.82) is 0 Å². The van der Waals surface area contributed by atoms with Crippen molar-refractivity contribution in [2.45, 2.75) is 57.8 Å². The lowest BCUT2D eigenvalue weighted by Gasteiger charge is -2.41. The van der Waals surface area contributed by atoms with Crippen LogP contribution in [0, 0.1) is 23.0 Å². The average molecular weight is 618 g/mol. The molecule has 3 N–H and O–H groups in total. The van der Waals surface area contributed by atoms with Gasteiger partial charge in [-0.05, 0) is 143 Å². The number of nitrogens with one attached hydrogen (secondary N) is 1. The van der Waals surface area contributed by atoms with Crippen molar-refractivity contribution in [1.82, 2.24) is 15.2 Å². The fraction of sp³-hybridized carbons (Fsp3) is 0.559. The summed E-state index contributed by atoms with van der Waals surface area (Å²) in [6.07, 6.45) is 10.1. The highest BCUT2D eigenvalue weighted by Gasteiger charge is 2.33. The number of aryl methyl sites for hydroxylation is 2. The minimum Gasteiger partial charge on any atom is -0.497 e. The summed E-state index contributed by atoms with van der Waals surface area (Å²) in [5.41, 5.74) is 2.60. The van der Waals surface area contributed by atoms with E-state index in [4.69, 9.17) is 21.4 Å². The highest BCUT2D eigenvalue weighted by atomic mass is 35.5. The van der Waals surface area contributed by atoms with Gasteiger partial charge in [0.15, 0.2) is 0 Å². The molecular weight excluding hydrogens is 572 g/mol. The molecule has 3 aromatic rings. The van der Waals surface area contributed by atoms with Gasteiger partial charge in [0.05, 0.1) is 17.6 Å². The van der Waals surface area contributed by atoms with E-state index in [1.54, 1.807) is 13.3 Å². The molecule has 0 amide bonds. The van der Waals surface area contributed by atoms with Crippen LogP contribution in [0.25, 0.3) is 10.9 Å². The predicted octanol–water partition coefficient (Wildman–Crippen LogP) is 6.18. The number of benzene rings is 2. The zero-order valence-electron chi connectivity index (χ0n) is 25.3. The van der Waals surface area contributed by atoms with Gasteiger partial charge in [0.2, 0.25) is 0 Å². The van der Waals surface area contributed by atoms with Crippen molar-refractivity contribution in [3.05, 3.63) is 70.4 Å². The molecule has 6 nitrogen and oxygen atoms in total. The molecule has 43 heavy (non-hydrogen) atoms. The summed E-state index contributed by atoms with van der Waals surface area (Å²) in [5.74, 6) is 0.317. The molecule has 9 heteroatoms. The predicted molar refractivity (Wildman–Crippen MR) is 169 cm³/mol. The number of ether oxygens (including phenoxy) is 1. The minimum absolute atomic E-state index is 0.0742. The maximum atomic E-state index is 13.4. The standard InChI is InChI=1S/C28H33ClF2N2O2.C6H13NO/c1-35-23-6-7-27-25(17-23)24(26(29)18-32-27)5-2-8-28(19-34)9-12-33(13-10-28)11-3-4-20-14-21(30)16-22(31)15-20;8-5-6-1-3-7-4-2-6/h6-7,14-18,34H,2-5,8-13,19H2,1H3;6-8H,1-5H2. The Morgan fingerprint density at radius 1 is 1.02 bits per heavy atom. The first-order chi connectivity index (χ1) is 20.8. The molecule has 0 atom stereocenters. The molecule has 1 aromatic heterocycles. The monoisotopic (exact) mass is 617 g/mol. The highest BCUT2D eigenvalue weighted by Crippen LogP contribution is 2.37. The van der Waals surface area contributed by atoms with Crippen LogP contribution in [0.5, 0.6) is 5.75 Å². The van der Waals surface area contributed by atoms with Crippen LogP contribution in [0.2, 0.25) is 5.02 Å². The lowest BCUT2D eigenvalue weighted by molar-refractivity contribution is 0.0353. The molecule has 5 rings (SSSR count). The van der Waals surface area contributed by atoms with Crippen LogP contribution in [0.15, 0.2) is 42.6 Å². The Morgan fingerprint density at radius 3 is 2.37 bits per heavy atom. The number of hydrogen-bond acceptors (Lipinski definition) is 6. The summed E-state index contributed by atoms with van der Waals surface area (Å²) in [7, 11) is 1.65. The van der Waals surface area contributed by atoms with Gasteiger partial charge in [0.1, 0.15) is 17.4 Å². The molecule has 236 valence electrons. The van der Waals surface area contributed by atoms with Crippen LogP contribution < -0.4 is 10.1 Å². The number of pyridine rings is 1. The van der Waals surface area contributed by atoms with Gasteiger partial charge in [0.25, 0.3) is 0 Å². The summed E-state index contributed by atoms with van der Waals surface area (Å²) >= 11 is 6.52. The number of rotatable bonds is 11. The first kappa shape index (κ1) is 33.5. The molecule has 2 aliphatic rings. The summed E-state index contributed by atoms with van der Waals surface area (Å²) < 4.78 is 32.2. The van der Waals surface area contributed by atoms with Crippen molar-refractivity contribution in [3.8, 4) is 5.75 Å². The van der Waals surface area contributed by atoms with E-state index in [2.05, 4.69) is 15.2 Å². The molecule has 0 saturated carbocycles. The number of halogens is 3. The van der Waals surface area contributed by atoms with Crippen LogP contribution in [-0.2, 0) is 12.8 Å². The van der Waals surface area contributed by atoms with Gasteiger partial charge in [-0.15, -0.1) is 0 Å². The molecular formula is C34H46ClF2N3O3. The van der Waals surface area contributed by atoms with Crippen molar-refractivity contribution >= 4 is 22.5 Å². The second kappa shape index (κ2) is 16.6. The van der Waals surface area contributed by atoms with E-state index in [9.17, 15) is 13.9 Å². The summed E-state index contributed by atoms with van der Waals surface area (Å²) in [4.78, 5) is 6.83. The largest absolute Gasteiger partial charge is 0.497 e. The molecule has 0 bridgehead atoms. The maximum absolute atomic E-state index is 13.4. The SMILES string of the molecule is COc1ccc2ncc(Cl)c(CCCC3(CO)CCN(CCCc4cc(F)cc(F)c4)CC3)c2c1.OCC1CCNCC1. The zero-order valence-corrected chi connectivity index (χ0v) is 26.0. The maximum Gasteiger partial charge on any atom is 0.126 e. The number of fused-ring (bicyclic) bond motifs is 1. The number of piperidine rings is 2. The Morgan fingerprint density at radius 2 is 1.74 bits per heavy atom. The van der Waals surface area contributed by atoms with Crippen LogP contribution in [0.1, 0.15) is 56.1 Å². The molecule has 0 radical (unpaired) electrons. The fourth-order valence-corrected chi connectivity index (χ4v) is 6.53. The number of hydrogen-bond donors (Lipinski definition) is 3. The van der Waals surface area contributed by atoms with E-state index in [1.807, 2.05) is 18.2 Å². The lowest BCUT2D eigenvalue weighted by atomic mass is 9.75. The number of likely N-dealkylation sites (tertiary alicyclic amines) is 1. The summed E-state index contributed by atoms with van der Waals surface area (Å²) in [6.45, 7) is 5.47. The number of nitrogens with zero attached hydrogens (tertiary/aromatic N) is 2.